The quantitative estimate of drug-likeness (QED) is 0.256. The van der Waals surface area contributed by atoms with E-state index in [1.165, 1.54) is 21.6 Å². The maximum Gasteiger partial charge on any atom is 0.284 e. The van der Waals surface area contributed by atoms with Gasteiger partial charge in [0.05, 0.1) is 42.3 Å². The number of amides is 5. The zero-order chi connectivity index (χ0) is 36.1. The molecule has 18 heteroatoms. The van der Waals surface area contributed by atoms with Gasteiger partial charge in [0.25, 0.3) is 24.1 Å². The van der Waals surface area contributed by atoms with Crippen molar-refractivity contribution in [3.05, 3.63) is 70.8 Å². The minimum atomic E-state index is -2.92. The topological polar surface area (TPSA) is 176 Å². The Morgan fingerprint density at radius 3 is 2.52 bits per heavy atom. The van der Waals surface area contributed by atoms with Crippen molar-refractivity contribution in [2.45, 2.75) is 50.7 Å². The van der Waals surface area contributed by atoms with E-state index in [2.05, 4.69) is 30.7 Å². The Kier molecular flexibility index (Phi) is 8.70. The fraction of sp³-hybridized carbons (Fsp3) is 0.412. The zero-order valence-electron chi connectivity index (χ0n) is 27.8. The largest absolute Gasteiger partial charge is 0.378 e. The Morgan fingerprint density at radius 1 is 1.00 bits per heavy atom. The van der Waals surface area contributed by atoms with Gasteiger partial charge in [0, 0.05) is 51.5 Å². The van der Waals surface area contributed by atoms with Gasteiger partial charge in [-0.15, -0.1) is 0 Å². The first-order valence-electron chi connectivity index (χ1n) is 17.1. The van der Waals surface area contributed by atoms with Crippen LogP contribution in [0.25, 0.3) is 5.65 Å². The second kappa shape index (κ2) is 13.5. The van der Waals surface area contributed by atoms with E-state index in [-0.39, 0.29) is 41.3 Å². The van der Waals surface area contributed by atoms with Gasteiger partial charge < -0.3 is 15.0 Å². The highest BCUT2D eigenvalue weighted by Gasteiger charge is 2.44. The van der Waals surface area contributed by atoms with E-state index in [0.29, 0.717) is 70.2 Å². The van der Waals surface area contributed by atoms with E-state index < -0.39 is 47.7 Å². The van der Waals surface area contributed by atoms with Gasteiger partial charge in [0.15, 0.2) is 11.3 Å². The molecule has 0 bridgehead atoms. The van der Waals surface area contributed by atoms with Crippen LogP contribution in [-0.4, -0.2) is 109 Å². The predicted octanol–water partition coefficient (Wildman–Crippen LogP) is 2.19. The molecule has 0 radical (unpaired) electrons. The van der Waals surface area contributed by atoms with Crippen molar-refractivity contribution in [1.82, 2.24) is 39.5 Å². The molecule has 0 saturated carbocycles. The van der Waals surface area contributed by atoms with Gasteiger partial charge in [-0.25, -0.2) is 18.3 Å². The number of ether oxygens (including phenoxy) is 1. The maximum atomic E-state index is 14.2. The molecule has 1 aromatic carbocycles. The van der Waals surface area contributed by atoms with E-state index in [0.717, 1.165) is 10.5 Å². The average Bonchev–Trinajstić information content (AvgIpc) is 3.83. The molecule has 4 aliphatic heterocycles. The van der Waals surface area contributed by atoms with E-state index in [9.17, 15) is 32.8 Å². The van der Waals surface area contributed by atoms with Crippen LogP contribution in [0.5, 0.6) is 0 Å². The highest BCUT2D eigenvalue weighted by atomic mass is 19.3. The fourth-order valence-corrected chi connectivity index (χ4v) is 7.24. The number of carbonyl (C=O) groups excluding carboxylic acids is 5. The van der Waals surface area contributed by atoms with Crippen LogP contribution in [0.4, 0.5) is 20.3 Å². The van der Waals surface area contributed by atoms with Crippen LogP contribution in [0.3, 0.4) is 0 Å². The molecule has 2 N–H and O–H groups in total. The number of likely N-dealkylation sites (tertiary alicyclic amines) is 1. The molecule has 1 atom stereocenters. The molecule has 4 aromatic rings. The van der Waals surface area contributed by atoms with E-state index in [4.69, 9.17) is 4.74 Å². The van der Waals surface area contributed by atoms with Crippen molar-refractivity contribution >= 4 is 46.7 Å². The number of hydrogen-bond acceptors (Lipinski definition) is 11. The summed E-state index contributed by atoms with van der Waals surface area (Å²) >= 11 is 0. The standard InChI is InChI=1S/C34H34F2N10O6/c35-29(36)28-24(38-31(48)23-16-37-44-10-7-26(39-30(23)44)43-11-13-52-14-12-43)18-45(41-28)20-5-8-42(9-6-20)17-19-1-2-21-22(15-19)34(51)46(33(21)50)25-3-4-27(47)40-32(25)49/h1-2,7,10,15-16,18,20,25,29H,3-6,8-9,11-14,17H2,(H,38,48)(H,40,47,49). The number of nitrogens with one attached hydrogen (secondary N) is 2. The van der Waals surface area contributed by atoms with Crippen LogP contribution >= 0.6 is 0 Å². The monoisotopic (exact) mass is 716 g/mol. The Hall–Kier alpha value is -5.62. The second-order valence-electron chi connectivity index (χ2n) is 13.2. The SMILES string of the molecule is O=C1CCC(N2C(=O)c3ccc(CN4CCC(n5cc(NC(=O)c6cnn7ccc(N8CCOCC8)nc67)c(C(F)F)n5)CC4)cc3C2=O)C(=O)N1. The first kappa shape index (κ1) is 33.5. The van der Waals surface area contributed by atoms with Crippen LogP contribution in [0.1, 0.15) is 80.5 Å². The lowest BCUT2D eigenvalue weighted by Gasteiger charge is -2.32. The van der Waals surface area contributed by atoms with Crippen LogP contribution in [0.15, 0.2) is 42.9 Å². The van der Waals surface area contributed by atoms with Crippen molar-refractivity contribution < 1.29 is 37.5 Å². The van der Waals surface area contributed by atoms with Gasteiger partial charge in [0.2, 0.25) is 11.8 Å². The molecule has 270 valence electrons. The molecule has 0 aliphatic carbocycles. The van der Waals surface area contributed by atoms with Gasteiger partial charge in [-0.1, -0.05) is 6.07 Å². The van der Waals surface area contributed by atoms with Gasteiger partial charge in [-0.3, -0.25) is 43.8 Å². The summed E-state index contributed by atoms with van der Waals surface area (Å²) in [5.41, 5.74) is 1.04. The lowest BCUT2D eigenvalue weighted by molar-refractivity contribution is -0.136. The average molecular weight is 717 g/mol. The van der Waals surface area contributed by atoms with E-state index in [1.54, 1.807) is 30.5 Å². The van der Waals surface area contributed by atoms with Crippen molar-refractivity contribution in [3.63, 3.8) is 0 Å². The molecule has 3 aromatic heterocycles. The Labute approximate surface area is 294 Å². The summed E-state index contributed by atoms with van der Waals surface area (Å²) in [6.45, 7) is 4.10. The summed E-state index contributed by atoms with van der Waals surface area (Å²) in [5.74, 6) is -2.20. The van der Waals surface area contributed by atoms with Crippen molar-refractivity contribution in [2.24, 2.45) is 0 Å². The smallest absolute Gasteiger partial charge is 0.284 e. The lowest BCUT2D eigenvalue weighted by atomic mass is 10.0. The van der Waals surface area contributed by atoms with Crippen LogP contribution < -0.4 is 15.5 Å². The van der Waals surface area contributed by atoms with E-state index in [1.807, 2.05) is 4.90 Å². The lowest BCUT2D eigenvalue weighted by Crippen LogP contribution is -2.54. The number of carbonyl (C=O) groups is 5. The second-order valence-corrected chi connectivity index (χ2v) is 13.2. The number of anilines is 2. The van der Waals surface area contributed by atoms with Crippen molar-refractivity contribution in [1.29, 1.82) is 0 Å². The summed E-state index contributed by atoms with van der Waals surface area (Å²) in [6.07, 6.45) is 2.87. The molecule has 5 amide bonds. The molecule has 7 heterocycles. The van der Waals surface area contributed by atoms with Crippen LogP contribution in [-0.2, 0) is 20.9 Å². The molecule has 16 nitrogen and oxygen atoms in total. The predicted molar refractivity (Wildman–Crippen MR) is 178 cm³/mol. The first-order valence-corrected chi connectivity index (χ1v) is 17.1. The summed E-state index contributed by atoms with van der Waals surface area (Å²) in [6, 6.07) is 5.58. The van der Waals surface area contributed by atoms with Gasteiger partial charge in [-0.05, 0) is 43.0 Å². The summed E-state index contributed by atoms with van der Waals surface area (Å²) in [7, 11) is 0. The molecule has 3 saturated heterocycles. The highest BCUT2D eigenvalue weighted by Crippen LogP contribution is 2.32. The van der Waals surface area contributed by atoms with Crippen LogP contribution in [0.2, 0.25) is 0 Å². The van der Waals surface area contributed by atoms with Gasteiger partial charge in [0.1, 0.15) is 17.4 Å². The third-order valence-electron chi connectivity index (χ3n) is 9.99. The fourth-order valence-electron chi connectivity index (χ4n) is 7.24. The third kappa shape index (κ3) is 6.17. The maximum absolute atomic E-state index is 14.2. The molecule has 52 heavy (non-hydrogen) atoms. The van der Waals surface area contributed by atoms with Crippen molar-refractivity contribution in [3.8, 4) is 0 Å². The minimum absolute atomic E-state index is 0.0422. The third-order valence-corrected chi connectivity index (χ3v) is 9.99. The molecule has 1 unspecified atom stereocenters. The summed E-state index contributed by atoms with van der Waals surface area (Å²) in [4.78, 5) is 73.4. The zero-order valence-corrected chi connectivity index (χ0v) is 27.8. The molecule has 4 aliphatic rings. The van der Waals surface area contributed by atoms with Crippen molar-refractivity contribution in [2.75, 3.05) is 49.6 Å². The Bertz CT molecular complexity index is 2100. The number of benzene rings is 1. The number of aromatic nitrogens is 5. The number of halogens is 2. The summed E-state index contributed by atoms with van der Waals surface area (Å²) in [5, 5.41) is 13.2. The molecule has 3 fully saturated rings. The number of rotatable bonds is 8. The molecule has 0 spiro atoms. The van der Waals surface area contributed by atoms with Gasteiger partial charge in [-0.2, -0.15) is 10.2 Å². The highest BCUT2D eigenvalue weighted by molar-refractivity contribution is 6.23. The number of nitrogens with zero attached hydrogens (tertiary/aromatic N) is 8. The number of piperidine rings is 2. The molecular weight excluding hydrogens is 682 g/mol. The Morgan fingerprint density at radius 2 is 1.77 bits per heavy atom. The normalized spacial score (nSPS) is 20.2. The number of fused-ring (bicyclic) bond motifs is 2. The Balaban J connectivity index is 0.916. The van der Waals surface area contributed by atoms with E-state index >= 15 is 0 Å². The summed E-state index contributed by atoms with van der Waals surface area (Å²) < 4.78 is 36.7. The minimum Gasteiger partial charge on any atom is -0.378 e. The molecule has 8 rings (SSSR count). The first-order chi connectivity index (χ1) is 25.1. The van der Waals surface area contributed by atoms with Crippen LogP contribution in [0, 0.1) is 0 Å². The number of hydrogen-bond donors (Lipinski definition) is 2. The number of imide groups is 2. The number of alkyl halides is 2. The van der Waals surface area contributed by atoms with Gasteiger partial charge >= 0.3 is 0 Å². The molecular formula is C34H34F2N10O6. The number of morpholine rings is 1.